The molecule has 0 aromatic rings. The number of hydrogen-bond acceptors (Lipinski definition) is 9. The molecular weight excluding hydrogens is 729 g/mol. The van der Waals surface area contributed by atoms with Crippen molar-refractivity contribution in [1.29, 1.82) is 0 Å². The largest absolute Gasteiger partial charge is 0.472 e. The summed E-state index contributed by atoms with van der Waals surface area (Å²) >= 11 is 0. The van der Waals surface area contributed by atoms with Gasteiger partial charge in [-0.3, -0.25) is 23.4 Å². The number of phosphoric acid groups is 1. The van der Waals surface area contributed by atoms with Crippen LogP contribution in [0.5, 0.6) is 0 Å². The molecule has 0 aliphatic carbocycles. The molecule has 0 aliphatic heterocycles. The normalized spacial score (nSPS) is 13.9. The van der Waals surface area contributed by atoms with Gasteiger partial charge in [0.1, 0.15) is 6.61 Å². The number of phosphoric ester groups is 1. The topological polar surface area (TPSA) is 151 Å². The third-order valence-corrected chi connectivity index (χ3v) is 9.53. The molecule has 0 saturated heterocycles. The number of esters is 2. The lowest BCUT2D eigenvalue weighted by molar-refractivity contribution is -0.161. The lowest BCUT2D eigenvalue weighted by Crippen LogP contribution is -2.29. The summed E-state index contributed by atoms with van der Waals surface area (Å²) in [4.78, 5) is 47.0. The molecule has 0 aliphatic rings. The molecule has 1 unspecified atom stereocenters. The Bertz CT molecular complexity index is 1210. The first-order valence-electron chi connectivity index (χ1n) is 21.4. The van der Waals surface area contributed by atoms with E-state index in [1.165, 1.54) is 63.9 Å². The standard InChI is InChI=1S/C45H76NO9P/c1-3-5-7-9-11-13-15-17-18-19-20-22-24-26-28-30-32-36-45(49)55-43(41-54-56(50,51)53-39-38-46)40-52-44(48)37-33-35-42(47)34-31-29-27-25-23-21-16-14-12-10-8-6-4-2/h11-14,17-18,21,23,27,29,31,34,43H,3-10,15-16,19-20,22,24-26,28,30,32-33,35-41,46H2,1-2H3,(H,50,51)/b13-11-,14-12-,18-17-,23-21-,29-27-,34-31+/t43-/m1/s1. The van der Waals surface area contributed by atoms with E-state index in [-0.39, 0.29) is 51.2 Å². The van der Waals surface area contributed by atoms with Crippen molar-refractivity contribution in [2.24, 2.45) is 5.73 Å². The zero-order valence-electron chi connectivity index (χ0n) is 34.8. The molecule has 0 aromatic carbocycles. The van der Waals surface area contributed by atoms with Gasteiger partial charge in [0.15, 0.2) is 11.9 Å². The van der Waals surface area contributed by atoms with Gasteiger partial charge in [0.05, 0.1) is 13.2 Å². The van der Waals surface area contributed by atoms with Crippen LogP contribution in [0, 0.1) is 0 Å². The highest BCUT2D eigenvalue weighted by molar-refractivity contribution is 7.47. The van der Waals surface area contributed by atoms with E-state index in [0.717, 1.165) is 57.8 Å². The molecule has 0 radical (unpaired) electrons. The Morgan fingerprint density at radius 1 is 0.589 bits per heavy atom. The van der Waals surface area contributed by atoms with Gasteiger partial charge in [-0.1, -0.05) is 138 Å². The fraction of sp³-hybridized carbons (Fsp3) is 0.667. The molecule has 0 saturated carbocycles. The van der Waals surface area contributed by atoms with Gasteiger partial charge in [0.25, 0.3) is 0 Å². The van der Waals surface area contributed by atoms with E-state index >= 15 is 0 Å². The molecule has 0 heterocycles. The Morgan fingerprint density at radius 2 is 1.11 bits per heavy atom. The minimum atomic E-state index is -4.44. The second kappa shape index (κ2) is 40.3. The summed E-state index contributed by atoms with van der Waals surface area (Å²) in [6.07, 6.45) is 45.0. The molecule has 0 fully saturated rings. The van der Waals surface area contributed by atoms with Crippen LogP contribution in [-0.4, -0.2) is 55.1 Å². The Labute approximate surface area is 339 Å². The minimum absolute atomic E-state index is 0.0134. The van der Waals surface area contributed by atoms with Gasteiger partial charge in [0.2, 0.25) is 0 Å². The Morgan fingerprint density at radius 3 is 1.70 bits per heavy atom. The summed E-state index contributed by atoms with van der Waals surface area (Å²) in [6.45, 7) is 3.37. The summed E-state index contributed by atoms with van der Waals surface area (Å²) in [5.41, 5.74) is 5.33. The Balaban J connectivity index is 4.38. The lowest BCUT2D eigenvalue weighted by Gasteiger charge is -2.19. The molecule has 0 amide bonds. The lowest BCUT2D eigenvalue weighted by atomic mass is 10.1. The number of hydrogen-bond donors (Lipinski definition) is 2. The minimum Gasteiger partial charge on any atom is -0.462 e. The molecule has 0 bridgehead atoms. The number of rotatable bonds is 39. The summed E-state index contributed by atoms with van der Waals surface area (Å²) in [7, 11) is -4.44. The summed E-state index contributed by atoms with van der Waals surface area (Å²) in [5, 5.41) is 0. The monoisotopic (exact) mass is 806 g/mol. The van der Waals surface area contributed by atoms with Crippen LogP contribution in [0.2, 0.25) is 0 Å². The first-order chi connectivity index (χ1) is 27.2. The third kappa shape index (κ3) is 39.4. The van der Waals surface area contributed by atoms with Gasteiger partial charge in [-0.2, -0.15) is 0 Å². The van der Waals surface area contributed by atoms with Crippen molar-refractivity contribution in [2.75, 3.05) is 26.4 Å². The summed E-state index contributed by atoms with van der Waals surface area (Å²) in [5.74, 6) is -1.21. The Hall–Kier alpha value is -2.88. The molecule has 0 rings (SSSR count). The first kappa shape index (κ1) is 53.1. The van der Waals surface area contributed by atoms with E-state index in [1.54, 1.807) is 6.08 Å². The van der Waals surface area contributed by atoms with Crippen LogP contribution < -0.4 is 5.73 Å². The van der Waals surface area contributed by atoms with E-state index in [9.17, 15) is 23.8 Å². The Kier molecular flexibility index (Phi) is 38.2. The molecule has 0 aromatic heterocycles. The molecule has 2 atom stereocenters. The fourth-order valence-electron chi connectivity index (χ4n) is 5.32. The number of unbranched alkanes of at least 4 members (excludes halogenated alkanes) is 13. The van der Waals surface area contributed by atoms with Crippen molar-refractivity contribution in [3.8, 4) is 0 Å². The molecular formula is C45H76NO9P. The van der Waals surface area contributed by atoms with E-state index in [4.69, 9.17) is 24.3 Å². The van der Waals surface area contributed by atoms with Crippen LogP contribution >= 0.6 is 7.82 Å². The highest BCUT2D eigenvalue weighted by Crippen LogP contribution is 2.43. The highest BCUT2D eigenvalue weighted by Gasteiger charge is 2.26. The number of nitrogens with two attached hydrogens (primary N) is 1. The van der Waals surface area contributed by atoms with Crippen molar-refractivity contribution >= 4 is 25.5 Å². The quantitative estimate of drug-likeness (QED) is 0.0153. The van der Waals surface area contributed by atoms with Gasteiger partial charge < -0.3 is 20.1 Å². The zero-order chi connectivity index (χ0) is 41.2. The second-order valence-electron chi connectivity index (χ2n) is 13.9. The predicted octanol–water partition coefficient (Wildman–Crippen LogP) is 11.5. The van der Waals surface area contributed by atoms with Crippen LogP contribution in [-0.2, 0) is 37.5 Å². The molecule has 3 N–H and O–H groups in total. The van der Waals surface area contributed by atoms with Gasteiger partial charge in [-0.05, 0) is 76.7 Å². The SMILES string of the molecule is CCCCC/C=C\C/C=C\C/C=C\C=C\C(=O)CCCC(=O)OC[C@H](COP(=O)(O)OCCN)OC(=O)CCCCCCCCC/C=C\C/C=C\CCCCC. The van der Waals surface area contributed by atoms with Crippen LogP contribution in [0.3, 0.4) is 0 Å². The maximum atomic E-state index is 12.6. The molecule has 0 spiro atoms. The van der Waals surface area contributed by atoms with E-state index < -0.39 is 32.5 Å². The smallest absolute Gasteiger partial charge is 0.462 e. The van der Waals surface area contributed by atoms with Gasteiger partial charge in [0, 0.05) is 25.8 Å². The van der Waals surface area contributed by atoms with Crippen molar-refractivity contribution in [1.82, 2.24) is 0 Å². The van der Waals surface area contributed by atoms with Crippen molar-refractivity contribution < 1.29 is 42.4 Å². The number of carbonyl (C=O) groups excluding carboxylic acids is 3. The van der Waals surface area contributed by atoms with E-state index in [1.807, 2.05) is 12.2 Å². The second-order valence-corrected chi connectivity index (χ2v) is 15.3. The van der Waals surface area contributed by atoms with Crippen molar-refractivity contribution in [3.05, 3.63) is 72.9 Å². The van der Waals surface area contributed by atoms with Crippen LogP contribution in [0.1, 0.15) is 162 Å². The molecule has 56 heavy (non-hydrogen) atoms. The van der Waals surface area contributed by atoms with Gasteiger partial charge in [-0.15, -0.1) is 0 Å². The van der Waals surface area contributed by atoms with Gasteiger partial charge in [-0.25, -0.2) is 4.57 Å². The average Bonchev–Trinajstić information content (AvgIpc) is 3.18. The van der Waals surface area contributed by atoms with Gasteiger partial charge >= 0.3 is 19.8 Å². The van der Waals surface area contributed by atoms with Crippen LogP contribution in [0.25, 0.3) is 0 Å². The highest BCUT2D eigenvalue weighted by atomic mass is 31.2. The zero-order valence-corrected chi connectivity index (χ0v) is 35.7. The number of ketones is 1. The summed E-state index contributed by atoms with van der Waals surface area (Å²) in [6, 6.07) is 0. The third-order valence-electron chi connectivity index (χ3n) is 8.54. The van der Waals surface area contributed by atoms with Crippen molar-refractivity contribution in [2.45, 2.75) is 168 Å². The average molecular weight is 806 g/mol. The first-order valence-corrected chi connectivity index (χ1v) is 22.9. The van der Waals surface area contributed by atoms with Crippen LogP contribution in [0.4, 0.5) is 0 Å². The maximum absolute atomic E-state index is 12.6. The fourth-order valence-corrected chi connectivity index (χ4v) is 6.09. The molecule has 11 heteroatoms. The number of allylic oxidation sites excluding steroid dienone is 12. The maximum Gasteiger partial charge on any atom is 0.472 e. The van der Waals surface area contributed by atoms with Crippen molar-refractivity contribution in [3.63, 3.8) is 0 Å². The molecule has 10 nitrogen and oxygen atoms in total. The van der Waals surface area contributed by atoms with E-state index in [2.05, 4.69) is 62.5 Å². The van der Waals surface area contributed by atoms with Crippen LogP contribution in [0.15, 0.2) is 72.9 Å². The van der Waals surface area contributed by atoms with E-state index in [0.29, 0.717) is 6.42 Å². The number of carbonyl (C=O) groups is 3. The number of ether oxygens (including phenoxy) is 2. The molecule has 320 valence electrons. The summed E-state index contributed by atoms with van der Waals surface area (Å²) < 4.78 is 32.5. The predicted molar refractivity (Wildman–Crippen MR) is 229 cm³/mol.